The van der Waals surface area contributed by atoms with Gasteiger partial charge in [-0.3, -0.25) is 4.79 Å². The highest BCUT2D eigenvalue weighted by atomic mass is 16.5. The maximum atomic E-state index is 12.7. The summed E-state index contributed by atoms with van der Waals surface area (Å²) in [6, 6.07) is 2.03. The predicted octanol–water partition coefficient (Wildman–Crippen LogP) is 1.88. The minimum Gasteiger partial charge on any atom is -0.365 e. The van der Waals surface area contributed by atoms with E-state index in [9.17, 15) is 4.79 Å². The number of piperidine rings is 1. The van der Waals surface area contributed by atoms with Gasteiger partial charge in [0.05, 0.1) is 13.2 Å². The Balaban J connectivity index is 1.47. The number of aryl methyl sites for hydroxylation is 1. The van der Waals surface area contributed by atoms with Gasteiger partial charge in [-0.1, -0.05) is 0 Å². The fraction of sp³-hybridized carbons (Fsp3) is 0.722. The summed E-state index contributed by atoms with van der Waals surface area (Å²) >= 11 is 0. The third-order valence-corrected chi connectivity index (χ3v) is 5.13. The Labute approximate surface area is 143 Å². The molecule has 1 aromatic rings. The molecule has 24 heavy (non-hydrogen) atoms. The molecule has 0 radical (unpaired) electrons. The average molecular weight is 330 g/mol. The largest absolute Gasteiger partial charge is 0.365 e. The van der Waals surface area contributed by atoms with E-state index in [2.05, 4.69) is 9.88 Å². The molecule has 3 aliphatic rings. The Bertz CT molecular complexity index is 611. The lowest BCUT2D eigenvalue weighted by molar-refractivity contribution is -0.145. The van der Waals surface area contributed by atoms with Crippen LogP contribution in [0.4, 0.5) is 5.82 Å². The van der Waals surface area contributed by atoms with Crippen molar-refractivity contribution in [1.29, 1.82) is 0 Å². The minimum absolute atomic E-state index is 0.146. The summed E-state index contributed by atoms with van der Waals surface area (Å²) in [4.78, 5) is 26.2. The number of likely N-dealkylation sites (tertiary alicyclic amines) is 1. The van der Waals surface area contributed by atoms with Crippen molar-refractivity contribution in [3.8, 4) is 0 Å². The normalized spacial score (nSPS) is 25.0. The number of ether oxygens (including phenoxy) is 1. The molecule has 0 aromatic carbocycles. The van der Waals surface area contributed by atoms with Crippen molar-refractivity contribution in [1.82, 2.24) is 14.9 Å². The van der Waals surface area contributed by atoms with Crippen LogP contribution in [0.2, 0.25) is 0 Å². The van der Waals surface area contributed by atoms with Crippen molar-refractivity contribution >= 4 is 11.7 Å². The number of morpholine rings is 1. The van der Waals surface area contributed by atoms with Gasteiger partial charge in [0, 0.05) is 37.3 Å². The second-order valence-corrected chi connectivity index (χ2v) is 7.19. The molecule has 1 unspecified atom stereocenters. The SMILES string of the molecule is Cc1cc(N2CCOC(C(=O)N3CCCCC3)C2)nc(C2CC2)n1. The van der Waals surface area contributed by atoms with E-state index in [1.165, 1.54) is 19.3 Å². The van der Waals surface area contributed by atoms with Crippen molar-refractivity contribution in [3.63, 3.8) is 0 Å². The average Bonchev–Trinajstić information content (AvgIpc) is 3.47. The molecule has 1 saturated carbocycles. The lowest BCUT2D eigenvalue weighted by atomic mass is 10.1. The molecule has 0 spiro atoms. The van der Waals surface area contributed by atoms with Crippen LogP contribution in [0.25, 0.3) is 0 Å². The first-order chi connectivity index (χ1) is 11.7. The van der Waals surface area contributed by atoms with E-state index in [0.717, 1.165) is 49.8 Å². The Hall–Kier alpha value is -1.69. The van der Waals surface area contributed by atoms with Gasteiger partial charge in [0.25, 0.3) is 5.91 Å². The molecule has 6 heteroatoms. The topological polar surface area (TPSA) is 58.6 Å². The Morgan fingerprint density at radius 2 is 1.96 bits per heavy atom. The van der Waals surface area contributed by atoms with Gasteiger partial charge in [-0.25, -0.2) is 9.97 Å². The predicted molar refractivity (Wildman–Crippen MR) is 91.1 cm³/mol. The molecule has 1 aromatic heterocycles. The fourth-order valence-corrected chi connectivity index (χ4v) is 3.59. The number of carbonyl (C=O) groups is 1. The van der Waals surface area contributed by atoms with Crippen molar-refractivity contribution in [3.05, 3.63) is 17.6 Å². The van der Waals surface area contributed by atoms with Crippen molar-refractivity contribution in [2.75, 3.05) is 37.7 Å². The number of hydrogen-bond donors (Lipinski definition) is 0. The van der Waals surface area contributed by atoms with E-state index in [0.29, 0.717) is 19.1 Å². The molecule has 130 valence electrons. The highest BCUT2D eigenvalue weighted by Crippen LogP contribution is 2.38. The van der Waals surface area contributed by atoms with E-state index in [-0.39, 0.29) is 12.0 Å². The summed E-state index contributed by atoms with van der Waals surface area (Å²) in [7, 11) is 0. The number of hydrogen-bond acceptors (Lipinski definition) is 5. The lowest BCUT2D eigenvalue weighted by Gasteiger charge is -2.36. The monoisotopic (exact) mass is 330 g/mol. The highest BCUT2D eigenvalue weighted by Gasteiger charge is 2.32. The van der Waals surface area contributed by atoms with E-state index in [4.69, 9.17) is 9.72 Å². The van der Waals surface area contributed by atoms with Crippen molar-refractivity contribution < 1.29 is 9.53 Å². The zero-order chi connectivity index (χ0) is 16.5. The summed E-state index contributed by atoms with van der Waals surface area (Å²) in [6.45, 7) is 5.72. The molecule has 4 rings (SSSR count). The van der Waals surface area contributed by atoms with Crippen LogP contribution in [0.15, 0.2) is 6.07 Å². The Morgan fingerprint density at radius 3 is 2.71 bits per heavy atom. The van der Waals surface area contributed by atoms with E-state index in [1.807, 2.05) is 17.9 Å². The van der Waals surface area contributed by atoms with Crippen molar-refractivity contribution in [2.24, 2.45) is 0 Å². The smallest absolute Gasteiger partial charge is 0.253 e. The number of aromatic nitrogens is 2. The van der Waals surface area contributed by atoms with Crippen molar-refractivity contribution in [2.45, 2.75) is 51.0 Å². The number of anilines is 1. The number of rotatable bonds is 3. The van der Waals surface area contributed by atoms with Crippen LogP contribution in [-0.4, -0.2) is 59.7 Å². The molecule has 2 saturated heterocycles. The zero-order valence-corrected chi connectivity index (χ0v) is 14.4. The molecular weight excluding hydrogens is 304 g/mol. The molecule has 1 aliphatic carbocycles. The highest BCUT2D eigenvalue weighted by molar-refractivity contribution is 5.82. The van der Waals surface area contributed by atoms with Gasteiger partial charge in [0.15, 0.2) is 6.10 Å². The summed E-state index contributed by atoms with van der Waals surface area (Å²) in [6.07, 6.45) is 5.47. The van der Waals surface area contributed by atoms with Crippen LogP contribution in [0.3, 0.4) is 0 Å². The van der Waals surface area contributed by atoms with Gasteiger partial charge in [-0.05, 0) is 39.0 Å². The van der Waals surface area contributed by atoms with Crippen LogP contribution in [0, 0.1) is 6.92 Å². The summed E-state index contributed by atoms with van der Waals surface area (Å²) < 4.78 is 5.79. The molecular formula is C18H26N4O2. The van der Waals surface area contributed by atoms with Crippen LogP contribution >= 0.6 is 0 Å². The van der Waals surface area contributed by atoms with Crippen LogP contribution < -0.4 is 4.90 Å². The number of nitrogens with zero attached hydrogens (tertiary/aromatic N) is 4. The molecule has 1 amide bonds. The number of carbonyl (C=O) groups excluding carboxylic acids is 1. The summed E-state index contributed by atoms with van der Waals surface area (Å²) in [5.41, 5.74) is 1.01. The number of amides is 1. The molecule has 0 bridgehead atoms. The summed E-state index contributed by atoms with van der Waals surface area (Å²) in [5.74, 6) is 2.60. The molecule has 3 heterocycles. The van der Waals surface area contributed by atoms with Gasteiger partial charge in [-0.2, -0.15) is 0 Å². The van der Waals surface area contributed by atoms with E-state index < -0.39 is 0 Å². The Kier molecular flexibility index (Phi) is 4.39. The summed E-state index contributed by atoms with van der Waals surface area (Å²) in [5, 5.41) is 0. The molecule has 6 nitrogen and oxygen atoms in total. The minimum atomic E-state index is -0.364. The maximum absolute atomic E-state index is 12.7. The third kappa shape index (κ3) is 3.38. The third-order valence-electron chi connectivity index (χ3n) is 5.13. The fourth-order valence-electron chi connectivity index (χ4n) is 3.59. The van der Waals surface area contributed by atoms with E-state index in [1.54, 1.807) is 0 Å². The van der Waals surface area contributed by atoms with E-state index >= 15 is 0 Å². The van der Waals surface area contributed by atoms with Crippen LogP contribution in [0.1, 0.15) is 49.5 Å². The Morgan fingerprint density at radius 1 is 1.17 bits per heavy atom. The molecule has 0 N–H and O–H groups in total. The molecule has 2 aliphatic heterocycles. The van der Waals surface area contributed by atoms with Crippen LogP contribution in [-0.2, 0) is 9.53 Å². The maximum Gasteiger partial charge on any atom is 0.253 e. The lowest BCUT2D eigenvalue weighted by Crippen LogP contribution is -2.52. The first-order valence-electron chi connectivity index (χ1n) is 9.21. The van der Waals surface area contributed by atoms with Gasteiger partial charge >= 0.3 is 0 Å². The quantitative estimate of drug-likeness (QED) is 0.847. The first-order valence-corrected chi connectivity index (χ1v) is 9.21. The first kappa shape index (κ1) is 15.8. The standard InChI is InChI=1S/C18H26N4O2/c1-13-11-16(20-17(19-13)14-5-6-14)22-9-10-24-15(12-22)18(23)21-7-3-2-4-8-21/h11,14-15H,2-10,12H2,1H3. The second kappa shape index (κ2) is 6.67. The zero-order valence-electron chi connectivity index (χ0n) is 14.4. The van der Waals surface area contributed by atoms with Gasteiger partial charge in [0.2, 0.25) is 0 Å². The molecule has 3 fully saturated rings. The van der Waals surface area contributed by atoms with Gasteiger partial charge in [-0.15, -0.1) is 0 Å². The van der Waals surface area contributed by atoms with Gasteiger partial charge in [0.1, 0.15) is 11.6 Å². The van der Waals surface area contributed by atoms with Crippen LogP contribution in [0.5, 0.6) is 0 Å². The van der Waals surface area contributed by atoms with Gasteiger partial charge < -0.3 is 14.5 Å². The second-order valence-electron chi connectivity index (χ2n) is 7.19. The molecule has 1 atom stereocenters.